The van der Waals surface area contributed by atoms with Gasteiger partial charge in [-0.25, -0.2) is 9.19 Å². The van der Waals surface area contributed by atoms with E-state index in [1.807, 2.05) is 0 Å². The first-order valence-electron chi connectivity index (χ1n) is 4.44. The molecule has 0 aliphatic carbocycles. The van der Waals surface area contributed by atoms with Gasteiger partial charge in [0.05, 0.1) is 9.73 Å². The van der Waals surface area contributed by atoms with Crippen molar-refractivity contribution in [1.29, 1.82) is 0 Å². The zero-order valence-electron chi connectivity index (χ0n) is 8.24. The summed E-state index contributed by atoms with van der Waals surface area (Å²) in [5.41, 5.74) is 0.0844. The van der Waals surface area contributed by atoms with E-state index >= 15 is 0 Å². The Morgan fingerprint density at radius 2 is 2.14 bits per heavy atom. The molecule has 0 spiro atoms. The average molecular weight is 216 g/mol. The van der Waals surface area contributed by atoms with Crippen LogP contribution in [0, 0.1) is 5.95 Å². The van der Waals surface area contributed by atoms with Gasteiger partial charge in [0.1, 0.15) is 5.69 Å². The van der Waals surface area contributed by atoms with Gasteiger partial charge in [-0.15, -0.1) is 0 Å². The van der Waals surface area contributed by atoms with Crippen LogP contribution in [0.1, 0.15) is 13.8 Å². The van der Waals surface area contributed by atoms with Crippen LogP contribution in [0.4, 0.5) is 10.1 Å². The van der Waals surface area contributed by atoms with Gasteiger partial charge >= 0.3 is 0 Å². The number of hydrogen-bond donors (Lipinski definition) is 0. The van der Waals surface area contributed by atoms with Crippen LogP contribution in [0.25, 0.3) is 0 Å². The third kappa shape index (κ3) is 2.51. The van der Waals surface area contributed by atoms with Crippen molar-refractivity contribution in [1.82, 2.24) is 4.98 Å². The highest BCUT2D eigenvalue weighted by Crippen LogP contribution is 2.17. The lowest BCUT2D eigenvalue weighted by Gasteiger charge is -2.03. The van der Waals surface area contributed by atoms with Crippen molar-refractivity contribution in [2.75, 3.05) is 11.5 Å². The first-order chi connectivity index (χ1) is 6.61. The lowest BCUT2D eigenvalue weighted by atomic mass is 10.4. The van der Waals surface area contributed by atoms with Crippen molar-refractivity contribution < 1.29 is 8.60 Å². The van der Waals surface area contributed by atoms with E-state index in [1.165, 1.54) is 12.3 Å². The minimum absolute atomic E-state index is 0.0844. The highest BCUT2D eigenvalue weighted by Gasteiger charge is 2.06. The molecule has 0 amide bonds. The Labute approximate surface area is 83.6 Å². The van der Waals surface area contributed by atoms with E-state index < -0.39 is 15.7 Å². The van der Waals surface area contributed by atoms with E-state index in [0.29, 0.717) is 11.5 Å². The number of aromatic nitrogens is 1. The largest absolute Gasteiger partial charge is 0.249 e. The second-order valence-corrected chi connectivity index (χ2v) is 5.64. The van der Waals surface area contributed by atoms with Crippen LogP contribution in [0.3, 0.4) is 0 Å². The second kappa shape index (κ2) is 4.50. The van der Waals surface area contributed by atoms with Gasteiger partial charge < -0.3 is 0 Å². The number of pyridine rings is 1. The SMILES string of the molecule is CCS(=O)(CC)=Nc1cccnc1F. The molecule has 5 heteroatoms. The molecule has 14 heavy (non-hydrogen) atoms. The van der Waals surface area contributed by atoms with E-state index in [4.69, 9.17) is 0 Å². The zero-order chi connectivity index (χ0) is 10.6. The fourth-order valence-corrected chi connectivity index (χ4v) is 2.12. The summed E-state index contributed by atoms with van der Waals surface area (Å²) >= 11 is 0. The van der Waals surface area contributed by atoms with Crippen LogP contribution in [-0.2, 0) is 9.73 Å². The molecule has 0 aromatic carbocycles. The third-order valence-electron chi connectivity index (χ3n) is 1.91. The molecule has 0 aliphatic heterocycles. The molecule has 78 valence electrons. The summed E-state index contributed by atoms with van der Waals surface area (Å²) in [7, 11) is -2.30. The molecule has 0 aliphatic rings. The first-order valence-corrected chi connectivity index (χ1v) is 6.29. The van der Waals surface area contributed by atoms with Gasteiger partial charge in [-0.05, 0) is 12.1 Å². The van der Waals surface area contributed by atoms with Crippen molar-refractivity contribution in [2.45, 2.75) is 13.8 Å². The number of hydrogen-bond acceptors (Lipinski definition) is 3. The standard InChI is InChI=1S/C9H13FN2OS/c1-3-14(13,4-2)12-8-6-5-7-11-9(8)10/h5-7H,3-4H2,1-2H3. The molecule has 0 unspecified atom stereocenters. The predicted molar refractivity (Wildman–Crippen MR) is 55.5 cm³/mol. The van der Waals surface area contributed by atoms with Crippen LogP contribution >= 0.6 is 0 Å². The van der Waals surface area contributed by atoms with Crippen LogP contribution in [0.2, 0.25) is 0 Å². The van der Waals surface area contributed by atoms with Crippen LogP contribution < -0.4 is 0 Å². The normalized spacial score (nSPS) is 11.4. The van der Waals surface area contributed by atoms with E-state index in [1.54, 1.807) is 19.9 Å². The Balaban J connectivity index is 3.21. The summed E-state index contributed by atoms with van der Waals surface area (Å²) in [5.74, 6) is 0.192. The summed E-state index contributed by atoms with van der Waals surface area (Å²) in [5, 5.41) is 0. The summed E-state index contributed by atoms with van der Waals surface area (Å²) < 4.78 is 28.9. The highest BCUT2D eigenvalue weighted by atomic mass is 32.2. The number of halogens is 1. The molecule has 1 aromatic heterocycles. The van der Waals surface area contributed by atoms with Crippen molar-refractivity contribution >= 4 is 15.4 Å². The Morgan fingerprint density at radius 3 is 2.64 bits per heavy atom. The summed E-state index contributed by atoms with van der Waals surface area (Å²) in [6.45, 7) is 3.56. The molecule has 0 radical (unpaired) electrons. The molecule has 0 fully saturated rings. The number of rotatable bonds is 3. The van der Waals surface area contributed by atoms with Crippen molar-refractivity contribution in [3.63, 3.8) is 0 Å². The number of nitrogens with zero attached hydrogens (tertiary/aromatic N) is 2. The fraction of sp³-hybridized carbons (Fsp3) is 0.444. The molecule has 0 atom stereocenters. The smallest absolute Gasteiger partial charge is 0.239 e. The van der Waals surface area contributed by atoms with Gasteiger partial charge in [0.25, 0.3) is 0 Å². The summed E-state index contributed by atoms with van der Waals surface area (Å²) in [6.07, 6.45) is 1.34. The Hall–Kier alpha value is -0.970. The Morgan fingerprint density at radius 1 is 1.50 bits per heavy atom. The lowest BCUT2D eigenvalue weighted by molar-refractivity contribution is 0.586. The first kappa shape index (κ1) is 11.1. The second-order valence-electron chi connectivity index (χ2n) is 2.75. The molecule has 1 aromatic rings. The highest BCUT2D eigenvalue weighted by molar-refractivity contribution is 7.93. The molecule has 1 heterocycles. The minimum Gasteiger partial charge on any atom is -0.249 e. The van der Waals surface area contributed by atoms with E-state index in [0.717, 1.165) is 0 Å². The van der Waals surface area contributed by atoms with E-state index in [-0.39, 0.29) is 5.69 Å². The van der Waals surface area contributed by atoms with Gasteiger partial charge in [0.2, 0.25) is 5.95 Å². The summed E-state index contributed by atoms with van der Waals surface area (Å²) in [4.78, 5) is 3.45. The maximum absolute atomic E-state index is 13.1. The van der Waals surface area contributed by atoms with Gasteiger partial charge in [-0.3, -0.25) is 0 Å². The van der Waals surface area contributed by atoms with Crippen LogP contribution in [0.5, 0.6) is 0 Å². The van der Waals surface area contributed by atoms with E-state index in [2.05, 4.69) is 9.35 Å². The molecule has 0 bridgehead atoms. The van der Waals surface area contributed by atoms with Crippen molar-refractivity contribution in [3.05, 3.63) is 24.3 Å². The zero-order valence-corrected chi connectivity index (χ0v) is 9.05. The minimum atomic E-state index is -2.30. The molecule has 0 saturated carbocycles. The third-order valence-corrected chi connectivity index (χ3v) is 4.24. The fourth-order valence-electron chi connectivity index (χ4n) is 0.958. The van der Waals surface area contributed by atoms with Crippen LogP contribution in [-0.4, -0.2) is 20.7 Å². The Bertz CT molecular complexity index is 415. The lowest BCUT2D eigenvalue weighted by Crippen LogP contribution is -2.05. The van der Waals surface area contributed by atoms with E-state index in [9.17, 15) is 8.60 Å². The van der Waals surface area contributed by atoms with Crippen molar-refractivity contribution in [2.24, 2.45) is 4.36 Å². The molecular formula is C9H13FN2OS. The maximum atomic E-state index is 13.1. The molecule has 3 nitrogen and oxygen atoms in total. The molecular weight excluding hydrogens is 203 g/mol. The van der Waals surface area contributed by atoms with Crippen molar-refractivity contribution in [3.8, 4) is 0 Å². The molecule has 0 saturated heterocycles. The van der Waals surface area contributed by atoms with Gasteiger partial charge in [0.15, 0.2) is 0 Å². The molecule has 0 N–H and O–H groups in total. The predicted octanol–water partition coefficient (Wildman–Crippen LogP) is 2.36. The Kier molecular flexibility index (Phi) is 3.57. The monoisotopic (exact) mass is 216 g/mol. The van der Waals surface area contributed by atoms with Gasteiger partial charge in [0, 0.05) is 17.7 Å². The topological polar surface area (TPSA) is 42.3 Å². The van der Waals surface area contributed by atoms with Gasteiger partial charge in [-0.2, -0.15) is 8.75 Å². The quantitative estimate of drug-likeness (QED) is 0.728. The molecule has 1 rings (SSSR count). The van der Waals surface area contributed by atoms with Crippen LogP contribution in [0.15, 0.2) is 22.7 Å². The summed E-state index contributed by atoms with van der Waals surface area (Å²) in [6, 6.07) is 3.06. The van der Waals surface area contributed by atoms with Gasteiger partial charge in [-0.1, -0.05) is 13.8 Å². The maximum Gasteiger partial charge on any atom is 0.239 e. The average Bonchev–Trinajstić information content (AvgIpc) is 2.21.